The third-order valence-corrected chi connectivity index (χ3v) is 5.90. The molecule has 2 atom stereocenters. The Hall–Kier alpha value is -4.20. The van der Waals surface area contributed by atoms with Gasteiger partial charge in [-0.2, -0.15) is 23.1 Å². The van der Waals surface area contributed by atoms with Crippen LogP contribution in [0.4, 0.5) is 35.3 Å². The van der Waals surface area contributed by atoms with Gasteiger partial charge in [0.2, 0.25) is 5.88 Å². The molecule has 2 amide bonds. The summed E-state index contributed by atoms with van der Waals surface area (Å²) in [6.45, 7) is 0.618. The number of hydrogen-bond donors (Lipinski definition) is 2. The van der Waals surface area contributed by atoms with E-state index in [1.807, 2.05) is 4.90 Å². The zero-order chi connectivity index (χ0) is 25.6. The third kappa shape index (κ3) is 4.19. The number of carbonyl (C=O) groups excluding carboxylic acids is 1. The van der Waals surface area contributed by atoms with E-state index in [2.05, 4.69) is 25.3 Å². The van der Waals surface area contributed by atoms with Crippen LogP contribution < -0.4 is 24.6 Å². The van der Waals surface area contributed by atoms with Gasteiger partial charge in [-0.25, -0.2) is 9.78 Å². The quantitative estimate of drug-likeness (QED) is 0.553. The molecule has 5 heterocycles. The molecule has 2 N–H and O–H groups in total. The Kier molecular flexibility index (Phi) is 5.74. The fourth-order valence-electron chi connectivity index (χ4n) is 4.22. The molecule has 188 valence electrons. The van der Waals surface area contributed by atoms with E-state index in [1.54, 1.807) is 12.1 Å². The highest BCUT2D eigenvalue weighted by Gasteiger charge is 2.45. The molecule has 14 heteroatoms. The molecular weight excluding hydrogens is 483 g/mol. The molecule has 0 unspecified atom stereocenters. The Morgan fingerprint density at radius 1 is 1.11 bits per heavy atom. The van der Waals surface area contributed by atoms with Crippen LogP contribution in [0.25, 0.3) is 11.3 Å². The molecule has 0 saturated carbocycles. The molecule has 0 aliphatic carbocycles. The summed E-state index contributed by atoms with van der Waals surface area (Å²) in [6.07, 6.45) is -3.45. The number of alkyl halides is 3. The minimum Gasteiger partial charge on any atom is -0.481 e. The van der Waals surface area contributed by atoms with Gasteiger partial charge in [-0.1, -0.05) is 0 Å². The van der Waals surface area contributed by atoms with E-state index < -0.39 is 29.9 Å². The van der Waals surface area contributed by atoms with Gasteiger partial charge in [0.05, 0.1) is 43.3 Å². The second-order valence-electron chi connectivity index (χ2n) is 8.12. The van der Waals surface area contributed by atoms with E-state index in [0.29, 0.717) is 12.2 Å². The minimum atomic E-state index is -4.57. The summed E-state index contributed by atoms with van der Waals surface area (Å²) in [5, 5.41) is 13.3. The summed E-state index contributed by atoms with van der Waals surface area (Å²) in [6, 6.07) is 4.20. The number of hydrogen-bond acceptors (Lipinski definition) is 9. The fraction of sp³-hybridized carbons (Fsp3) is 0.318. The number of fused-ring (bicyclic) bond motifs is 4. The highest BCUT2D eigenvalue weighted by atomic mass is 19.4. The molecule has 36 heavy (non-hydrogen) atoms. The first kappa shape index (κ1) is 23.5. The van der Waals surface area contributed by atoms with E-state index in [0.717, 1.165) is 12.3 Å². The first-order valence-corrected chi connectivity index (χ1v) is 10.7. The Labute approximate surface area is 202 Å². The van der Waals surface area contributed by atoms with Crippen LogP contribution in [0.15, 0.2) is 36.7 Å². The Morgan fingerprint density at radius 3 is 2.64 bits per heavy atom. The molecule has 2 aliphatic heterocycles. The Bertz CT molecular complexity index is 1300. The number of carbonyl (C=O) groups is 1. The van der Waals surface area contributed by atoms with Crippen LogP contribution in [-0.4, -0.2) is 70.5 Å². The molecule has 1 saturated heterocycles. The van der Waals surface area contributed by atoms with Crippen LogP contribution >= 0.6 is 0 Å². The van der Waals surface area contributed by atoms with Crippen molar-refractivity contribution >= 4 is 23.4 Å². The number of nitrogens with one attached hydrogen (secondary N) is 1. The van der Waals surface area contributed by atoms with Crippen molar-refractivity contribution in [2.75, 3.05) is 42.4 Å². The number of anilines is 3. The number of nitrogens with zero attached hydrogens (tertiary/aromatic N) is 6. The molecule has 0 aromatic carbocycles. The fourth-order valence-corrected chi connectivity index (χ4v) is 4.22. The lowest BCUT2D eigenvalue weighted by molar-refractivity contribution is -0.137. The lowest BCUT2D eigenvalue weighted by Crippen LogP contribution is -2.51. The molecule has 0 spiro atoms. The summed E-state index contributed by atoms with van der Waals surface area (Å²) in [4.78, 5) is 32.9. The molecule has 1 fully saturated rings. The van der Waals surface area contributed by atoms with Crippen LogP contribution in [0.5, 0.6) is 11.9 Å². The summed E-state index contributed by atoms with van der Waals surface area (Å²) in [5.74, 6) is 0.419. The molecule has 0 radical (unpaired) electrons. The van der Waals surface area contributed by atoms with Gasteiger partial charge < -0.3 is 19.5 Å². The van der Waals surface area contributed by atoms with Gasteiger partial charge >= 0.3 is 18.2 Å². The normalized spacial score (nSPS) is 18.6. The van der Waals surface area contributed by atoms with Gasteiger partial charge in [-0.15, -0.1) is 0 Å². The van der Waals surface area contributed by atoms with Crippen molar-refractivity contribution < 1.29 is 32.5 Å². The SMILES string of the molecule is COc1cc(NC(=O)N2c3nc(-c4cncc(C(F)(F)F)c4)ccc3N3C[C@@H](O)[C@H]2C3)nc(OC)n1. The number of methoxy groups -OCH3 is 2. The van der Waals surface area contributed by atoms with Crippen LogP contribution in [0.3, 0.4) is 0 Å². The maximum Gasteiger partial charge on any atom is 0.417 e. The van der Waals surface area contributed by atoms with Crippen molar-refractivity contribution in [1.29, 1.82) is 0 Å². The zero-order valence-electron chi connectivity index (χ0n) is 19.0. The summed E-state index contributed by atoms with van der Waals surface area (Å²) < 4.78 is 49.8. The van der Waals surface area contributed by atoms with Gasteiger partial charge in [0.15, 0.2) is 5.82 Å². The van der Waals surface area contributed by atoms with Crippen LogP contribution in [0.2, 0.25) is 0 Å². The molecule has 3 aromatic rings. The summed E-state index contributed by atoms with van der Waals surface area (Å²) in [5.41, 5.74) is -0.0428. The number of aliphatic hydroxyl groups is 1. The maximum atomic E-state index is 13.4. The predicted octanol–water partition coefficient (Wildman–Crippen LogP) is 2.57. The molecule has 2 bridgehead atoms. The van der Waals surface area contributed by atoms with E-state index in [4.69, 9.17) is 9.47 Å². The van der Waals surface area contributed by atoms with E-state index >= 15 is 0 Å². The standard InChI is InChI=1S/C22H20F3N7O4/c1-35-18-6-17(28-20(30-18)36-2)29-21(34)32-15-9-31(10-16(15)33)14-4-3-13(27-19(14)32)11-5-12(8-26-7-11)22(23,24)25/h3-8,15-16,33H,9-10H2,1-2H3,(H,28,29,30,34)/t15-,16-/m1/s1. The number of aromatic nitrogens is 4. The number of urea groups is 1. The lowest BCUT2D eigenvalue weighted by atomic mass is 10.1. The first-order chi connectivity index (χ1) is 17.2. The maximum absolute atomic E-state index is 13.4. The average Bonchev–Trinajstić information content (AvgIpc) is 3.19. The minimum absolute atomic E-state index is 0.0340. The van der Waals surface area contributed by atoms with E-state index in [-0.39, 0.29) is 41.3 Å². The number of amides is 2. The van der Waals surface area contributed by atoms with Crippen LogP contribution in [0.1, 0.15) is 5.56 Å². The van der Waals surface area contributed by atoms with Crippen molar-refractivity contribution in [2.24, 2.45) is 0 Å². The van der Waals surface area contributed by atoms with E-state index in [1.165, 1.54) is 31.4 Å². The lowest BCUT2D eigenvalue weighted by Gasteiger charge is -2.36. The van der Waals surface area contributed by atoms with Crippen molar-refractivity contribution in [2.45, 2.75) is 18.3 Å². The number of halogens is 3. The monoisotopic (exact) mass is 503 g/mol. The number of pyridine rings is 2. The summed E-state index contributed by atoms with van der Waals surface area (Å²) in [7, 11) is 2.75. The summed E-state index contributed by atoms with van der Waals surface area (Å²) >= 11 is 0. The highest BCUT2D eigenvalue weighted by molar-refractivity contribution is 6.04. The van der Waals surface area contributed by atoms with Crippen LogP contribution in [0, 0.1) is 0 Å². The molecule has 2 aliphatic rings. The number of aliphatic hydroxyl groups excluding tert-OH is 1. The van der Waals surface area contributed by atoms with Gasteiger partial charge in [0.1, 0.15) is 5.82 Å². The van der Waals surface area contributed by atoms with Gasteiger partial charge in [-0.05, 0) is 18.2 Å². The van der Waals surface area contributed by atoms with Crippen molar-refractivity contribution in [3.05, 3.63) is 42.2 Å². The topological polar surface area (TPSA) is 126 Å². The second-order valence-corrected chi connectivity index (χ2v) is 8.12. The number of ether oxygens (including phenoxy) is 2. The Morgan fingerprint density at radius 2 is 1.92 bits per heavy atom. The molecule has 11 nitrogen and oxygen atoms in total. The third-order valence-electron chi connectivity index (χ3n) is 5.90. The van der Waals surface area contributed by atoms with E-state index in [9.17, 15) is 23.1 Å². The molecular formula is C22H20F3N7O4. The molecule has 5 rings (SSSR count). The number of rotatable bonds is 4. The van der Waals surface area contributed by atoms with Crippen molar-refractivity contribution in [3.63, 3.8) is 0 Å². The highest BCUT2D eigenvalue weighted by Crippen LogP contribution is 2.41. The first-order valence-electron chi connectivity index (χ1n) is 10.7. The predicted molar refractivity (Wildman–Crippen MR) is 121 cm³/mol. The van der Waals surface area contributed by atoms with Gasteiger partial charge in [-0.3, -0.25) is 15.2 Å². The van der Waals surface area contributed by atoms with Gasteiger partial charge in [0, 0.05) is 37.1 Å². The largest absolute Gasteiger partial charge is 0.481 e. The Balaban J connectivity index is 1.54. The van der Waals surface area contributed by atoms with Crippen molar-refractivity contribution in [3.8, 4) is 23.1 Å². The van der Waals surface area contributed by atoms with Crippen molar-refractivity contribution in [1.82, 2.24) is 19.9 Å². The van der Waals surface area contributed by atoms with Gasteiger partial charge in [0.25, 0.3) is 0 Å². The molecule has 3 aromatic heterocycles. The average molecular weight is 503 g/mol. The second kappa shape index (κ2) is 8.78. The zero-order valence-corrected chi connectivity index (χ0v) is 19.0. The smallest absolute Gasteiger partial charge is 0.417 e. The van der Waals surface area contributed by atoms with Crippen LogP contribution in [-0.2, 0) is 6.18 Å².